The molecule has 0 N–H and O–H groups in total. The summed E-state index contributed by atoms with van der Waals surface area (Å²) in [7, 11) is 0. The zero-order valence-electron chi connectivity index (χ0n) is 16.7. The SMILES string of the molecule is Cc1cc(-n2c(C)cc(/C=C(/C#N)c3ccc4ccccc4c3)c2C)ccc1Br. The minimum Gasteiger partial charge on any atom is -0.318 e. The number of fused-ring (bicyclic) bond motifs is 1. The summed E-state index contributed by atoms with van der Waals surface area (Å²) >= 11 is 3.57. The van der Waals surface area contributed by atoms with E-state index in [2.05, 4.69) is 95.9 Å². The van der Waals surface area contributed by atoms with Crippen molar-refractivity contribution in [1.29, 1.82) is 5.26 Å². The molecular weight excluding hydrogens is 420 g/mol. The van der Waals surface area contributed by atoms with Crippen molar-refractivity contribution in [2.45, 2.75) is 20.8 Å². The van der Waals surface area contributed by atoms with Crippen molar-refractivity contribution in [2.75, 3.05) is 0 Å². The van der Waals surface area contributed by atoms with E-state index in [1.54, 1.807) is 0 Å². The van der Waals surface area contributed by atoms with Crippen LogP contribution in [-0.2, 0) is 0 Å². The van der Waals surface area contributed by atoms with Crippen LogP contribution in [0.2, 0.25) is 0 Å². The van der Waals surface area contributed by atoms with Crippen molar-refractivity contribution in [3.05, 3.63) is 99.3 Å². The van der Waals surface area contributed by atoms with Gasteiger partial charge in [0.05, 0.1) is 11.6 Å². The van der Waals surface area contributed by atoms with Crippen molar-refractivity contribution < 1.29 is 0 Å². The number of rotatable bonds is 3. The Bertz CT molecular complexity index is 1300. The molecule has 0 amide bonds. The lowest BCUT2D eigenvalue weighted by molar-refractivity contribution is 0.962. The molecule has 0 aliphatic carbocycles. The van der Waals surface area contributed by atoms with E-state index in [-0.39, 0.29) is 0 Å². The Labute approximate surface area is 179 Å². The van der Waals surface area contributed by atoms with Crippen molar-refractivity contribution in [2.24, 2.45) is 0 Å². The summed E-state index contributed by atoms with van der Waals surface area (Å²) in [6.45, 7) is 6.30. The predicted molar refractivity (Wildman–Crippen MR) is 125 cm³/mol. The topological polar surface area (TPSA) is 28.7 Å². The number of hydrogen-bond donors (Lipinski definition) is 0. The van der Waals surface area contributed by atoms with Crippen molar-refractivity contribution in [3.8, 4) is 11.8 Å². The number of nitrogens with zero attached hydrogens (tertiary/aromatic N) is 2. The standard InChI is InChI=1S/C26H21BrN2/c1-17-12-25(10-11-26(17)27)29-18(2)13-23(19(29)3)15-24(16-28)22-9-8-20-6-4-5-7-21(20)14-22/h4-15H,1-3H3/b24-15-. The number of halogens is 1. The fourth-order valence-corrected chi connectivity index (χ4v) is 4.04. The van der Waals surface area contributed by atoms with Crippen LogP contribution in [0.15, 0.2) is 71.2 Å². The van der Waals surface area contributed by atoms with Crippen LogP contribution < -0.4 is 0 Å². The maximum atomic E-state index is 9.83. The van der Waals surface area contributed by atoms with E-state index in [9.17, 15) is 5.26 Å². The van der Waals surface area contributed by atoms with Crippen LogP contribution in [0.4, 0.5) is 0 Å². The van der Waals surface area contributed by atoms with Crippen LogP contribution in [0.1, 0.15) is 28.1 Å². The number of hydrogen-bond acceptors (Lipinski definition) is 1. The average molecular weight is 441 g/mol. The fourth-order valence-electron chi connectivity index (χ4n) is 3.79. The van der Waals surface area contributed by atoms with Gasteiger partial charge in [-0.05, 0) is 84.6 Å². The molecular formula is C26H21BrN2. The normalized spacial score (nSPS) is 11.6. The fraction of sp³-hybridized carbons (Fsp3) is 0.115. The Hall–Kier alpha value is -3.09. The van der Waals surface area contributed by atoms with Gasteiger partial charge in [-0.25, -0.2) is 0 Å². The van der Waals surface area contributed by atoms with Gasteiger partial charge in [-0.1, -0.05) is 52.3 Å². The van der Waals surface area contributed by atoms with Crippen LogP contribution in [0.5, 0.6) is 0 Å². The number of allylic oxidation sites excluding steroid dienone is 1. The van der Waals surface area contributed by atoms with Crippen LogP contribution in [0.3, 0.4) is 0 Å². The molecule has 0 bridgehead atoms. The summed E-state index contributed by atoms with van der Waals surface area (Å²) in [6.07, 6.45) is 1.99. The van der Waals surface area contributed by atoms with Crippen molar-refractivity contribution >= 4 is 38.4 Å². The van der Waals surface area contributed by atoms with Gasteiger partial charge >= 0.3 is 0 Å². The maximum Gasteiger partial charge on any atom is 0.0998 e. The highest BCUT2D eigenvalue weighted by molar-refractivity contribution is 9.10. The molecule has 0 saturated heterocycles. The van der Waals surface area contributed by atoms with Crippen LogP contribution in [0.25, 0.3) is 28.1 Å². The summed E-state index contributed by atoms with van der Waals surface area (Å²) < 4.78 is 3.34. The van der Waals surface area contributed by atoms with Crippen LogP contribution in [0, 0.1) is 32.1 Å². The lowest BCUT2D eigenvalue weighted by Crippen LogP contribution is -1.99. The summed E-state index contributed by atoms with van der Waals surface area (Å²) in [4.78, 5) is 0. The first-order valence-electron chi connectivity index (χ1n) is 9.54. The number of aryl methyl sites for hydroxylation is 2. The number of aromatic nitrogens is 1. The highest BCUT2D eigenvalue weighted by atomic mass is 79.9. The summed E-state index contributed by atoms with van der Waals surface area (Å²) in [5, 5.41) is 12.2. The van der Waals surface area contributed by atoms with Gasteiger partial charge in [-0.3, -0.25) is 0 Å². The lowest BCUT2D eigenvalue weighted by atomic mass is 10.0. The molecule has 1 aromatic heterocycles. The van der Waals surface area contributed by atoms with Crippen LogP contribution in [-0.4, -0.2) is 4.57 Å². The zero-order chi connectivity index (χ0) is 20.5. The van der Waals surface area contributed by atoms with Gasteiger partial charge in [0.25, 0.3) is 0 Å². The molecule has 3 heteroatoms. The van der Waals surface area contributed by atoms with Gasteiger partial charge in [-0.2, -0.15) is 5.26 Å². The van der Waals surface area contributed by atoms with Gasteiger partial charge in [0.1, 0.15) is 0 Å². The Morgan fingerprint density at radius 3 is 2.41 bits per heavy atom. The molecule has 3 aromatic carbocycles. The Morgan fingerprint density at radius 2 is 1.69 bits per heavy atom. The zero-order valence-corrected chi connectivity index (χ0v) is 18.3. The molecule has 1 heterocycles. The summed E-state index contributed by atoms with van der Waals surface area (Å²) in [5.41, 5.74) is 7.26. The largest absolute Gasteiger partial charge is 0.318 e. The molecule has 29 heavy (non-hydrogen) atoms. The lowest BCUT2D eigenvalue weighted by Gasteiger charge is -2.11. The maximum absolute atomic E-state index is 9.83. The minimum atomic E-state index is 0.669. The quantitative estimate of drug-likeness (QED) is 0.305. The molecule has 4 rings (SSSR count). The monoisotopic (exact) mass is 440 g/mol. The average Bonchev–Trinajstić information content (AvgIpc) is 3.01. The van der Waals surface area contributed by atoms with Gasteiger partial charge < -0.3 is 4.57 Å². The van der Waals surface area contributed by atoms with E-state index in [1.807, 2.05) is 24.3 Å². The molecule has 0 unspecified atom stereocenters. The molecule has 0 fully saturated rings. The smallest absolute Gasteiger partial charge is 0.0998 e. The number of nitriles is 1. The number of benzene rings is 3. The Morgan fingerprint density at radius 1 is 0.931 bits per heavy atom. The van der Waals surface area contributed by atoms with E-state index < -0.39 is 0 Å². The minimum absolute atomic E-state index is 0.669. The molecule has 0 saturated carbocycles. The third-order valence-electron chi connectivity index (χ3n) is 5.35. The molecule has 0 spiro atoms. The van der Waals surface area contributed by atoms with E-state index in [4.69, 9.17) is 0 Å². The summed E-state index contributed by atoms with van der Waals surface area (Å²) in [5.74, 6) is 0. The van der Waals surface area contributed by atoms with Gasteiger partial charge in [0, 0.05) is 21.5 Å². The molecule has 0 atom stereocenters. The molecule has 0 aliphatic heterocycles. The first kappa shape index (κ1) is 19.2. The van der Waals surface area contributed by atoms with E-state index in [1.165, 1.54) is 10.9 Å². The van der Waals surface area contributed by atoms with Crippen molar-refractivity contribution in [3.63, 3.8) is 0 Å². The highest BCUT2D eigenvalue weighted by Gasteiger charge is 2.12. The van der Waals surface area contributed by atoms with E-state index in [0.29, 0.717) is 5.57 Å². The highest BCUT2D eigenvalue weighted by Crippen LogP contribution is 2.28. The molecule has 0 aliphatic rings. The van der Waals surface area contributed by atoms with Gasteiger partial charge in [0.15, 0.2) is 0 Å². The molecule has 0 radical (unpaired) electrons. The second-order valence-electron chi connectivity index (χ2n) is 7.33. The Kier molecular flexibility index (Phi) is 5.13. The van der Waals surface area contributed by atoms with E-state index >= 15 is 0 Å². The van der Waals surface area contributed by atoms with E-state index in [0.717, 1.165) is 38.1 Å². The third kappa shape index (κ3) is 3.64. The molecule has 4 aromatic rings. The Balaban J connectivity index is 1.80. The first-order valence-corrected chi connectivity index (χ1v) is 10.3. The molecule has 2 nitrogen and oxygen atoms in total. The second-order valence-corrected chi connectivity index (χ2v) is 8.18. The predicted octanol–water partition coefficient (Wildman–Crippen LogP) is 7.38. The van der Waals surface area contributed by atoms with Crippen LogP contribution >= 0.6 is 15.9 Å². The van der Waals surface area contributed by atoms with Gasteiger partial charge in [0.2, 0.25) is 0 Å². The van der Waals surface area contributed by atoms with Crippen molar-refractivity contribution in [1.82, 2.24) is 4.57 Å². The first-order chi connectivity index (χ1) is 14.0. The summed E-state index contributed by atoms with van der Waals surface area (Å²) in [6, 6.07) is 25.3. The molecule has 142 valence electrons. The van der Waals surface area contributed by atoms with Gasteiger partial charge in [-0.15, -0.1) is 0 Å². The third-order valence-corrected chi connectivity index (χ3v) is 6.24. The second kappa shape index (κ2) is 7.73.